The Kier molecular flexibility index (Phi) is 26.3. The van der Waals surface area contributed by atoms with Crippen LogP contribution in [-0.2, 0) is 9.47 Å². The highest BCUT2D eigenvalue weighted by Gasteiger charge is 2.31. The van der Waals surface area contributed by atoms with Crippen LogP contribution in [0.5, 0.6) is 5.88 Å². The van der Waals surface area contributed by atoms with Gasteiger partial charge in [0, 0.05) is 12.0 Å². The van der Waals surface area contributed by atoms with E-state index >= 15 is 0 Å². The van der Waals surface area contributed by atoms with Crippen LogP contribution in [-0.4, -0.2) is 59.5 Å². The second kappa shape index (κ2) is 28.1. The topological polar surface area (TPSA) is 70.5 Å². The summed E-state index contributed by atoms with van der Waals surface area (Å²) in [5.41, 5.74) is 1.96. The van der Waals surface area contributed by atoms with E-state index in [0.29, 0.717) is 30.3 Å². The van der Waals surface area contributed by atoms with E-state index in [1.165, 1.54) is 134 Å². The van der Waals surface area contributed by atoms with Crippen LogP contribution in [0.25, 0.3) is 5.57 Å². The normalized spacial score (nSPS) is 16.2. The lowest BCUT2D eigenvalue weighted by molar-refractivity contribution is -0.919. The Balaban J connectivity index is 0.0000101. The van der Waals surface area contributed by atoms with Crippen molar-refractivity contribution in [2.45, 2.75) is 162 Å². The standard InChI is InChI=1S/C36H66N3O4S.HI/c1-4-6-8-10-11-12-13-14-15-16-17-18-19-20-21-22-23-25-30-42-36(40)43-32-39(3)28-26-27-33(31-39)34-35(38-44-37-34)41-29-24-9-7-5-2;/h27H,4-26,28-32H2,1-3H3;1H/q+1;/p-1. The van der Waals surface area contributed by atoms with Gasteiger partial charge in [0.05, 0.1) is 38.5 Å². The second-order valence-corrected chi connectivity index (χ2v) is 13.8. The van der Waals surface area contributed by atoms with Crippen molar-refractivity contribution >= 4 is 23.5 Å². The number of halogens is 1. The number of aromatic nitrogens is 2. The molecule has 0 amide bonds. The van der Waals surface area contributed by atoms with E-state index in [-0.39, 0.29) is 24.0 Å². The van der Waals surface area contributed by atoms with E-state index in [9.17, 15) is 4.79 Å². The molecular formula is C36H66IN3O4S. The Labute approximate surface area is 297 Å². The number of quaternary nitrogens is 1. The van der Waals surface area contributed by atoms with Crippen LogP contribution in [0.4, 0.5) is 4.79 Å². The van der Waals surface area contributed by atoms with Gasteiger partial charge in [-0.3, -0.25) is 4.48 Å². The third kappa shape index (κ3) is 20.8. The van der Waals surface area contributed by atoms with Crippen molar-refractivity contribution in [2.75, 3.05) is 40.1 Å². The molecule has 0 aliphatic carbocycles. The van der Waals surface area contributed by atoms with Crippen LogP contribution in [0.15, 0.2) is 6.08 Å². The Morgan fingerprint density at radius 3 is 1.76 bits per heavy atom. The molecule has 0 N–H and O–H groups in total. The molecule has 1 aliphatic rings. The van der Waals surface area contributed by atoms with Crippen molar-refractivity contribution in [2.24, 2.45) is 0 Å². The van der Waals surface area contributed by atoms with Crippen molar-refractivity contribution in [1.29, 1.82) is 0 Å². The highest BCUT2D eigenvalue weighted by Crippen LogP contribution is 2.30. The number of rotatable bonds is 28. The average Bonchev–Trinajstić information content (AvgIpc) is 3.50. The lowest BCUT2D eigenvalue weighted by atomic mass is 10.0. The van der Waals surface area contributed by atoms with Crippen LogP contribution in [0, 0.1) is 0 Å². The van der Waals surface area contributed by atoms with Gasteiger partial charge in [-0.2, -0.15) is 4.37 Å². The fourth-order valence-corrected chi connectivity index (χ4v) is 6.50. The van der Waals surface area contributed by atoms with E-state index in [4.69, 9.17) is 14.2 Å². The molecule has 1 unspecified atom stereocenters. The predicted molar refractivity (Wildman–Crippen MR) is 184 cm³/mol. The molecule has 2 rings (SSSR count). The van der Waals surface area contributed by atoms with Crippen molar-refractivity contribution in [3.8, 4) is 5.88 Å². The molecule has 1 aliphatic heterocycles. The quantitative estimate of drug-likeness (QED) is 0.0375. The van der Waals surface area contributed by atoms with Gasteiger partial charge in [-0.15, -0.1) is 4.37 Å². The Morgan fingerprint density at radius 1 is 0.711 bits per heavy atom. The monoisotopic (exact) mass is 763 g/mol. The molecule has 0 saturated carbocycles. The van der Waals surface area contributed by atoms with Gasteiger partial charge in [0.2, 0.25) is 6.73 Å². The molecule has 1 aromatic rings. The molecule has 0 bridgehead atoms. The first-order valence-electron chi connectivity index (χ1n) is 18.4. The lowest BCUT2D eigenvalue weighted by Crippen LogP contribution is -3.00. The second-order valence-electron chi connectivity index (χ2n) is 13.2. The van der Waals surface area contributed by atoms with E-state index in [1.54, 1.807) is 0 Å². The van der Waals surface area contributed by atoms with Crippen LogP contribution < -0.4 is 28.7 Å². The Hall–Kier alpha value is -0.940. The first-order valence-corrected chi connectivity index (χ1v) is 19.1. The van der Waals surface area contributed by atoms with E-state index in [2.05, 4.69) is 35.7 Å². The van der Waals surface area contributed by atoms with Crippen molar-refractivity contribution < 1.29 is 47.5 Å². The van der Waals surface area contributed by atoms with Crippen LogP contribution in [0.2, 0.25) is 0 Å². The van der Waals surface area contributed by atoms with Gasteiger partial charge in [-0.05, 0) is 12.8 Å². The molecule has 0 fully saturated rings. The molecular weight excluding hydrogens is 697 g/mol. The SMILES string of the molecule is CCCCCCCCCCCCCCCCCCCCOC(=O)OC[N+]1(C)CCC=C(c2nsnc2OCCCCCC)C1.[I-]. The number of carbonyl (C=O) groups excluding carboxylic acids is 1. The molecule has 1 aromatic heterocycles. The van der Waals surface area contributed by atoms with E-state index in [1.807, 2.05) is 0 Å². The maximum absolute atomic E-state index is 12.3. The van der Waals surface area contributed by atoms with Gasteiger partial charge in [0.1, 0.15) is 12.2 Å². The summed E-state index contributed by atoms with van der Waals surface area (Å²) in [6.07, 6.45) is 31.4. The molecule has 1 atom stereocenters. The number of unbranched alkanes of at least 4 members (excludes halogenated alkanes) is 20. The summed E-state index contributed by atoms with van der Waals surface area (Å²) in [4.78, 5) is 12.3. The Bertz CT molecular complexity index is 884. The smallest absolute Gasteiger partial charge is 0.512 e. The third-order valence-electron chi connectivity index (χ3n) is 8.82. The first-order chi connectivity index (χ1) is 21.6. The molecule has 0 radical (unpaired) electrons. The van der Waals surface area contributed by atoms with Crippen molar-refractivity contribution in [3.63, 3.8) is 0 Å². The van der Waals surface area contributed by atoms with Crippen LogP contribution in [0.3, 0.4) is 0 Å². The van der Waals surface area contributed by atoms with Gasteiger partial charge in [-0.1, -0.05) is 148 Å². The largest absolute Gasteiger partial charge is 1.00 e. The zero-order valence-corrected chi connectivity index (χ0v) is 32.1. The predicted octanol–water partition coefficient (Wildman–Crippen LogP) is 7.89. The fraction of sp³-hybridized carbons (Fsp3) is 0.861. The van der Waals surface area contributed by atoms with E-state index < -0.39 is 6.16 Å². The summed E-state index contributed by atoms with van der Waals surface area (Å²) in [6.45, 7) is 7.53. The molecule has 262 valence electrons. The number of likely N-dealkylation sites (N-methyl/N-ethyl adjacent to an activating group) is 1. The lowest BCUT2D eigenvalue weighted by Gasteiger charge is -2.36. The van der Waals surface area contributed by atoms with Gasteiger partial charge >= 0.3 is 6.16 Å². The minimum Gasteiger partial charge on any atom is -1.00 e. The zero-order chi connectivity index (χ0) is 31.6. The van der Waals surface area contributed by atoms with Gasteiger partial charge in [0.15, 0.2) is 0 Å². The minimum absolute atomic E-state index is 0. The summed E-state index contributed by atoms with van der Waals surface area (Å²) in [5.74, 6) is 0.635. The summed E-state index contributed by atoms with van der Waals surface area (Å²) in [7, 11) is 2.11. The van der Waals surface area contributed by atoms with Gasteiger partial charge in [0.25, 0.3) is 5.88 Å². The minimum atomic E-state index is -0.557. The number of nitrogens with zero attached hydrogens (tertiary/aromatic N) is 3. The number of ether oxygens (including phenoxy) is 3. The summed E-state index contributed by atoms with van der Waals surface area (Å²) >= 11 is 1.19. The molecule has 45 heavy (non-hydrogen) atoms. The first kappa shape index (κ1) is 42.1. The van der Waals surface area contributed by atoms with Crippen LogP contribution >= 0.6 is 11.7 Å². The molecule has 0 saturated heterocycles. The maximum atomic E-state index is 12.3. The Morgan fingerprint density at radius 2 is 1.20 bits per heavy atom. The molecule has 7 nitrogen and oxygen atoms in total. The molecule has 2 heterocycles. The number of hydrogen-bond acceptors (Lipinski definition) is 7. The number of carbonyl (C=O) groups is 1. The fourth-order valence-electron chi connectivity index (χ4n) is 5.97. The highest BCUT2D eigenvalue weighted by molar-refractivity contribution is 6.99. The third-order valence-corrected chi connectivity index (χ3v) is 9.33. The average molecular weight is 764 g/mol. The number of hydrogen-bond donors (Lipinski definition) is 0. The summed E-state index contributed by atoms with van der Waals surface area (Å²) in [6, 6.07) is 0. The summed E-state index contributed by atoms with van der Waals surface area (Å²) in [5, 5.41) is 0. The van der Waals surface area contributed by atoms with Gasteiger partial charge < -0.3 is 38.2 Å². The van der Waals surface area contributed by atoms with Crippen molar-refractivity contribution in [1.82, 2.24) is 8.75 Å². The molecule has 0 spiro atoms. The van der Waals surface area contributed by atoms with Crippen molar-refractivity contribution in [3.05, 3.63) is 11.8 Å². The maximum Gasteiger partial charge on any atom is 0.512 e. The molecule has 0 aromatic carbocycles. The van der Waals surface area contributed by atoms with Gasteiger partial charge in [-0.25, -0.2) is 4.79 Å². The van der Waals surface area contributed by atoms with E-state index in [0.717, 1.165) is 50.0 Å². The zero-order valence-electron chi connectivity index (χ0n) is 29.1. The summed E-state index contributed by atoms with van der Waals surface area (Å²) < 4.78 is 26.4. The highest BCUT2D eigenvalue weighted by atomic mass is 127. The molecule has 9 heteroatoms. The van der Waals surface area contributed by atoms with Crippen LogP contribution in [0.1, 0.15) is 167 Å².